The highest BCUT2D eigenvalue weighted by atomic mass is 32.2. The van der Waals surface area contributed by atoms with E-state index in [9.17, 15) is 4.79 Å². The van der Waals surface area contributed by atoms with E-state index >= 15 is 0 Å². The number of benzene rings is 1. The summed E-state index contributed by atoms with van der Waals surface area (Å²) in [5.74, 6) is 2.46. The van der Waals surface area contributed by atoms with Gasteiger partial charge in [-0.2, -0.15) is 0 Å². The molecule has 1 aromatic heterocycles. The molecule has 3 nitrogen and oxygen atoms in total. The summed E-state index contributed by atoms with van der Waals surface area (Å²) in [4.78, 5) is 12.6. The van der Waals surface area contributed by atoms with Gasteiger partial charge in [-0.3, -0.25) is 4.79 Å². The Bertz CT molecular complexity index is 731. The number of nitrogens with zero attached hydrogens (tertiary/aromatic N) is 1. The molecule has 128 valence electrons. The van der Waals surface area contributed by atoms with Gasteiger partial charge in [0.05, 0.1) is 12.4 Å². The maximum atomic E-state index is 12.6. The lowest BCUT2D eigenvalue weighted by molar-refractivity contribution is 0.102. The maximum absolute atomic E-state index is 12.6. The number of para-hydroxylation sites is 1. The van der Waals surface area contributed by atoms with Crippen LogP contribution in [0.1, 0.15) is 53.1 Å². The summed E-state index contributed by atoms with van der Waals surface area (Å²) in [6.07, 6.45) is 2.49. The first-order valence-electron chi connectivity index (χ1n) is 8.62. The Labute approximate surface area is 148 Å². The number of thioether (sulfide) groups is 1. The van der Waals surface area contributed by atoms with E-state index in [1.165, 1.54) is 18.5 Å². The smallest absolute Gasteiger partial charge is 0.174 e. The van der Waals surface area contributed by atoms with Crippen molar-refractivity contribution in [3.05, 3.63) is 52.8 Å². The van der Waals surface area contributed by atoms with Crippen molar-refractivity contribution in [3.63, 3.8) is 0 Å². The monoisotopic (exact) mass is 343 g/mol. The standard InChI is InChI=1S/C20H25NO2S/c1-4-23-20-8-6-5-7-16(20)12-24-13-19(22)18-11-14(2)21(15(18)3)17-9-10-17/h5-8,11,17H,4,9-10,12-13H2,1-3H3. The van der Waals surface area contributed by atoms with Gasteiger partial charge < -0.3 is 9.30 Å². The minimum Gasteiger partial charge on any atom is -0.494 e. The van der Waals surface area contributed by atoms with Crippen LogP contribution < -0.4 is 4.74 Å². The maximum Gasteiger partial charge on any atom is 0.174 e. The minimum atomic E-state index is 0.230. The lowest BCUT2D eigenvalue weighted by Crippen LogP contribution is -2.06. The summed E-state index contributed by atoms with van der Waals surface area (Å²) in [6.45, 7) is 6.83. The van der Waals surface area contributed by atoms with Crippen LogP contribution in [0.15, 0.2) is 30.3 Å². The molecule has 3 rings (SSSR count). The molecule has 0 atom stereocenters. The lowest BCUT2D eigenvalue weighted by Gasteiger charge is -2.10. The number of hydrogen-bond donors (Lipinski definition) is 0. The number of rotatable bonds is 8. The molecule has 2 aromatic rings. The van der Waals surface area contributed by atoms with Crippen molar-refractivity contribution in [2.24, 2.45) is 0 Å². The Morgan fingerprint density at radius 3 is 2.75 bits per heavy atom. The molecule has 1 aliphatic rings. The van der Waals surface area contributed by atoms with E-state index in [0.717, 1.165) is 28.3 Å². The molecular weight excluding hydrogens is 318 g/mol. The Balaban J connectivity index is 1.61. The fourth-order valence-corrected chi connectivity index (χ4v) is 4.11. The van der Waals surface area contributed by atoms with Crippen LogP contribution in [0.5, 0.6) is 5.75 Å². The zero-order chi connectivity index (χ0) is 17.1. The van der Waals surface area contributed by atoms with Crippen molar-refractivity contribution in [2.75, 3.05) is 12.4 Å². The van der Waals surface area contributed by atoms with E-state index < -0.39 is 0 Å². The van der Waals surface area contributed by atoms with Gasteiger partial charge in [0.2, 0.25) is 0 Å². The fourth-order valence-electron chi connectivity index (χ4n) is 3.20. The summed E-state index contributed by atoms with van der Waals surface area (Å²) in [5.41, 5.74) is 4.39. The number of Topliss-reactive ketones (excluding diaryl/α,β-unsaturated/α-hetero) is 1. The van der Waals surface area contributed by atoms with E-state index in [2.05, 4.69) is 30.5 Å². The molecule has 4 heteroatoms. The Morgan fingerprint density at radius 2 is 2.04 bits per heavy atom. The molecule has 0 saturated heterocycles. The number of aryl methyl sites for hydroxylation is 1. The molecule has 0 unspecified atom stereocenters. The highest BCUT2D eigenvalue weighted by Gasteiger charge is 2.28. The van der Waals surface area contributed by atoms with E-state index in [4.69, 9.17) is 4.74 Å². The second-order valence-electron chi connectivity index (χ2n) is 6.34. The summed E-state index contributed by atoms with van der Waals surface area (Å²) < 4.78 is 7.98. The van der Waals surface area contributed by atoms with Gasteiger partial charge in [0.1, 0.15) is 5.75 Å². The number of carbonyl (C=O) groups is 1. The molecule has 24 heavy (non-hydrogen) atoms. The quantitative estimate of drug-likeness (QED) is 0.635. The zero-order valence-electron chi connectivity index (χ0n) is 14.7. The molecule has 1 heterocycles. The summed E-state index contributed by atoms with van der Waals surface area (Å²) in [5, 5.41) is 0. The normalized spacial score (nSPS) is 14.0. The van der Waals surface area contributed by atoms with E-state index in [-0.39, 0.29) is 5.78 Å². The Hall–Kier alpha value is -1.68. The minimum absolute atomic E-state index is 0.230. The highest BCUT2D eigenvalue weighted by molar-refractivity contribution is 7.99. The fraction of sp³-hybridized carbons (Fsp3) is 0.450. The summed E-state index contributed by atoms with van der Waals surface area (Å²) in [6, 6.07) is 10.7. The molecular formula is C20H25NO2S. The van der Waals surface area contributed by atoms with E-state index in [0.29, 0.717) is 18.4 Å². The number of ketones is 1. The van der Waals surface area contributed by atoms with Crippen LogP contribution in [0.4, 0.5) is 0 Å². The molecule has 0 N–H and O–H groups in total. The van der Waals surface area contributed by atoms with Crippen molar-refractivity contribution in [1.82, 2.24) is 4.57 Å². The summed E-state index contributed by atoms with van der Waals surface area (Å²) in [7, 11) is 0. The molecule has 1 fully saturated rings. The van der Waals surface area contributed by atoms with Gasteiger partial charge in [0, 0.05) is 34.3 Å². The molecule has 0 radical (unpaired) electrons. The first-order chi connectivity index (χ1) is 11.6. The lowest BCUT2D eigenvalue weighted by atomic mass is 10.2. The van der Waals surface area contributed by atoms with Gasteiger partial charge >= 0.3 is 0 Å². The van der Waals surface area contributed by atoms with Crippen LogP contribution in [-0.2, 0) is 5.75 Å². The van der Waals surface area contributed by atoms with E-state index in [1.807, 2.05) is 25.1 Å². The second-order valence-corrected chi connectivity index (χ2v) is 7.33. The third kappa shape index (κ3) is 3.69. The first kappa shape index (κ1) is 17.2. The number of carbonyl (C=O) groups excluding carboxylic acids is 1. The molecule has 1 aliphatic carbocycles. The SMILES string of the molecule is CCOc1ccccc1CSCC(=O)c1cc(C)n(C2CC2)c1C. The van der Waals surface area contributed by atoms with Gasteiger partial charge in [-0.1, -0.05) is 18.2 Å². The predicted octanol–water partition coefficient (Wildman–Crippen LogP) is 4.95. The topological polar surface area (TPSA) is 31.2 Å². The average Bonchev–Trinajstić information content (AvgIpc) is 3.34. The molecule has 0 amide bonds. The highest BCUT2D eigenvalue weighted by Crippen LogP contribution is 2.38. The Kier molecular flexibility index (Phi) is 5.34. The van der Waals surface area contributed by atoms with Crippen LogP contribution in [0.25, 0.3) is 0 Å². The van der Waals surface area contributed by atoms with Crippen LogP contribution in [0, 0.1) is 13.8 Å². The van der Waals surface area contributed by atoms with Crippen molar-refractivity contribution < 1.29 is 9.53 Å². The van der Waals surface area contributed by atoms with Crippen LogP contribution in [0.3, 0.4) is 0 Å². The average molecular weight is 343 g/mol. The molecule has 0 bridgehead atoms. The Morgan fingerprint density at radius 1 is 1.29 bits per heavy atom. The number of ether oxygens (including phenoxy) is 1. The van der Waals surface area contributed by atoms with Crippen LogP contribution >= 0.6 is 11.8 Å². The largest absolute Gasteiger partial charge is 0.494 e. The van der Waals surface area contributed by atoms with Gasteiger partial charge in [-0.15, -0.1) is 11.8 Å². The van der Waals surface area contributed by atoms with Crippen molar-refractivity contribution in [1.29, 1.82) is 0 Å². The molecule has 0 spiro atoms. The molecule has 1 saturated carbocycles. The zero-order valence-corrected chi connectivity index (χ0v) is 15.5. The van der Waals surface area contributed by atoms with E-state index in [1.54, 1.807) is 11.8 Å². The second kappa shape index (κ2) is 7.47. The number of aromatic nitrogens is 1. The van der Waals surface area contributed by atoms with Crippen molar-refractivity contribution in [3.8, 4) is 5.75 Å². The van der Waals surface area contributed by atoms with Crippen molar-refractivity contribution in [2.45, 2.75) is 45.4 Å². The molecule has 0 aliphatic heterocycles. The van der Waals surface area contributed by atoms with Crippen molar-refractivity contribution >= 4 is 17.5 Å². The summed E-state index contributed by atoms with van der Waals surface area (Å²) >= 11 is 1.66. The molecule has 1 aromatic carbocycles. The number of hydrogen-bond acceptors (Lipinski definition) is 3. The van der Waals surface area contributed by atoms with Crippen LogP contribution in [0.2, 0.25) is 0 Å². The van der Waals surface area contributed by atoms with Gasteiger partial charge in [-0.25, -0.2) is 0 Å². The van der Waals surface area contributed by atoms with Crippen LogP contribution in [-0.4, -0.2) is 22.7 Å². The predicted molar refractivity (Wildman–Crippen MR) is 100 cm³/mol. The third-order valence-electron chi connectivity index (χ3n) is 4.46. The third-order valence-corrected chi connectivity index (χ3v) is 5.44. The van der Waals surface area contributed by atoms with Gasteiger partial charge in [-0.05, 0) is 45.7 Å². The van der Waals surface area contributed by atoms with Gasteiger partial charge in [0.15, 0.2) is 5.78 Å². The van der Waals surface area contributed by atoms with Gasteiger partial charge in [0.25, 0.3) is 0 Å². The first-order valence-corrected chi connectivity index (χ1v) is 9.77.